The van der Waals surface area contributed by atoms with Crippen LogP contribution < -0.4 is 5.32 Å². The van der Waals surface area contributed by atoms with Gasteiger partial charge in [-0.3, -0.25) is 4.79 Å². The third-order valence-electron chi connectivity index (χ3n) is 2.89. The number of aromatic carboxylic acids is 1. The van der Waals surface area contributed by atoms with Crippen LogP contribution in [0, 0.1) is 6.92 Å². The number of amides is 1. The van der Waals surface area contributed by atoms with Crippen molar-refractivity contribution >= 4 is 40.8 Å². The number of benzene rings is 2. The molecule has 1 amide bonds. The average molecular weight is 324 g/mol. The number of carboxylic acids is 1. The Kier molecular flexibility index (Phi) is 4.50. The van der Waals surface area contributed by atoms with Crippen LogP contribution in [-0.4, -0.2) is 17.0 Å². The molecule has 21 heavy (non-hydrogen) atoms. The Morgan fingerprint density at radius 2 is 1.76 bits per heavy atom. The molecule has 2 rings (SSSR count). The number of hydrogen-bond donors (Lipinski definition) is 2. The average Bonchev–Trinajstić information content (AvgIpc) is 2.43. The highest BCUT2D eigenvalue weighted by molar-refractivity contribution is 6.33. The second-order valence-electron chi connectivity index (χ2n) is 4.42. The van der Waals surface area contributed by atoms with Crippen LogP contribution >= 0.6 is 23.2 Å². The number of hydrogen-bond acceptors (Lipinski definition) is 2. The summed E-state index contributed by atoms with van der Waals surface area (Å²) in [6.07, 6.45) is 0. The van der Waals surface area contributed by atoms with Crippen LogP contribution in [0.15, 0.2) is 36.4 Å². The Hall–Kier alpha value is -2.04. The van der Waals surface area contributed by atoms with Crippen molar-refractivity contribution in [3.63, 3.8) is 0 Å². The maximum absolute atomic E-state index is 12.1. The molecule has 0 saturated carbocycles. The van der Waals surface area contributed by atoms with Gasteiger partial charge in [-0.2, -0.15) is 0 Å². The van der Waals surface area contributed by atoms with Crippen molar-refractivity contribution in [2.45, 2.75) is 6.92 Å². The zero-order valence-electron chi connectivity index (χ0n) is 11.0. The monoisotopic (exact) mass is 323 g/mol. The van der Waals surface area contributed by atoms with Gasteiger partial charge in [0, 0.05) is 16.3 Å². The van der Waals surface area contributed by atoms with Crippen LogP contribution in [0.4, 0.5) is 5.69 Å². The molecule has 2 aromatic rings. The third kappa shape index (κ3) is 3.54. The van der Waals surface area contributed by atoms with Gasteiger partial charge in [0.05, 0.1) is 10.6 Å². The van der Waals surface area contributed by atoms with Crippen molar-refractivity contribution in [1.29, 1.82) is 0 Å². The van der Waals surface area contributed by atoms with E-state index in [0.29, 0.717) is 16.3 Å². The number of carbonyl (C=O) groups is 2. The minimum atomic E-state index is -1.16. The summed E-state index contributed by atoms with van der Waals surface area (Å²) >= 11 is 11.7. The van der Waals surface area contributed by atoms with Crippen molar-refractivity contribution < 1.29 is 14.7 Å². The Labute approximate surface area is 131 Å². The quantitative estimate of drug-likeness (QED) is 0.887. The standard InChI is InChI=1S/C15H11Cl2NO3/c1-8-2-3-9(6-13(8)17)14(19)18-10-4-5-12(16)11(7-10)15(20)21/h2-7H,1H3,(H,18,19)(H,20,21). The molecule has 0 fully saturated rings. The summed E-state index contributed by atoms with van der Waals surface area (Å²) in [5.41, 5.74) is 1.53. The van der Waals surface area contributed by atoms with Crippen molar-refractivity contribution in [3.05, 3.63) is 63.1 Å². The van der Waals surface area contributed by atoms with Crippen LogP contribution in [0.5, 0.6) is 0 Å². The number of aryl methyl sites for hydroxylation is 1. The van der Waals surface area contributed by atoms with Gasteiger partial charge in [0.1, 0.15) is 0 Å². The SMILES string of the molecule is Cc1ccc(C(=O)Nc2ccc(Cl)c(C(=O)O)c2)cc1Cl. The summed E-state index contributed by atoms with van der Waals surface area (Å²) < 4.78 is 0. The number of nitrogens with one attached hydrogen (secondary N) is 1. The van der Waals surface area contributed by atoms with Gasteiger partial charge in [0.15, 0.2) is 0 Å². The fourth-order valence-corrected chi connectivity index (χ4v) is 2.08. The molecular formula is C15H11Cl2NO3. The molecule has 0 aliphatic rings. The Morgan fingerprint density at radius 3 is 2.38 bits per heavy atom. The summed E-state index contributed by atoms with van der Waals surface area (Å²) in [5.74, 6) is -1.54. The molecular weight excluding hydrogens is 313 g/mol. The van der Waals surface area contributed by atoms with Crippen LogP contribution in [0.2, 0.25) is 10.0 Å². The van der Waals surface area contributed by atoms with Gasteiger partial charge >= 0.3 is 5.97 Å². The first-order chi connectivity index (χ1) is 9.88. The summed E-state index contributed by atoms with van der Waals surface area (Å²) in [6, 6.07) is 9.19. The summed E-state index contributed by atoms with van der Waals surface area (Å²) in [6.45, 7) is 1.84. The molecule has 0 aromatic heterocycles. The van der Waals surface area contributed by atoms with Gasteiger partial charge in [-0.1, -0.05) is 29.3 Å². The van der Waals surface area contributed by atoms with E-state index in [2.05, 4.69) is 5.32 Å². The Bertz CT molecular complexity index is 729. The lowest BCUT2D eigenvalue weighted by Crippen LogP contribution is -2.12. The lowest BCUT2D eigenvalue weighted by atomic mass is 10.1. The molecule has 2 aromatic carbocycles. The largest absolute Gasteiger partial charge is 0.478 e. The van der Waals surface area contributed by atoms with Gasteiger partial charge in [-0.15, -0.1) is 0 Å². The topological polar surface area (TPSA) is 66.4 Å². The van der Waals surface area contributed by atoms with Crippen LogP contribution in [0.3, 0.4) is 0 Å². The van der Waals surface area contributed by atoms with Gasteiger partial charge < -0.3 is 10.4 Å². The normalized spacial score (nSPS) is 10.2. The molecule has 0 aliphatic carbocycles. The van der Waals surface area contributed by atoms with Crippen molar-refractivity contribution in [2.24, 2.45) is 0 Å². The highest BCUT2D eigenvalue weighted by Gasteiger charge is 2.12. The van der Waals surface area contributed by atoms with Gasteiger partial charge in [0.25, 0.3) is 5.91 Å². The van der Waals surface area contributed by atoms with Gasteiger partial charge in [-0.25, -0.2) is 4.79 Å². The highest BCUT2D eigenvalue weighted by Crippen LogP contribution is 2.22. The number of anilines is 1. The second-order valence-corrected chi connectivity index (χ2v) is 5.23. The number of carboxylic acid groups (broad SMARTS) is 1. The van der Waals surface area contributed by atoms with Crippen LogP contribution in [-0.2, 0) is 0 Å². The van der Waals surface area contributed by atoms with Gasteiger partial charge in [0.2, 0.25) is 0 Å². The predicted octanol–water partition coefficient (Wildman–Crippen LogP) is 4.25. The molecule has 108 valence electrons. The molecule has 4 nitrogen and oxygen atoms in total. The van der Waals surface area contributed by atoms with E-state index in [1.807, 2.05) is 6.92 Å². The molecule has 0 bridgehead atoms. The van der Waals surface area contributed by atoms with E-state index in [0.717, 1.165) is 5.56 Å². The van der Waals surface area contributed by atoms with E-state index >= 15 is 0 Å². The number of rotatable bonds is 3. The van der Waals surface area contributed by atoms with E-state index in [9.17, 15) is 9.59 Å². The lowest BCUT2D eigenvalue weighted by Gasteiger charge is -2.08. The van der Waals surface area contributed by atoms with Gasteiger partial charge in [-0.05, 0) is 42.8 Å². The van der Waals surface area contributed by atoms with E-state index < -0.39 is 5.97 Å². The number of carbonyl (C=O) groups excluding carboxylic acids is 1. The number of halogens is 2. The van der Waals surface area contributed by atoms with E-state index in [4.69, 9.17) is 28.3 Å². The Morgan fingerprint density at radius 1 is 1.05 bits per heavy atom. The first-order valence-electron chi connectivity index (χ1n) is 5.99. The molecule has 0 aliphatic heterocycles. The predicted molar refractivity (Wildman–Crippen MR) is 82.6 cm³/mol. The lowest BCUT2D eigenvalue weighted by molar-refractivity contribution is 0.0696. The van der Waals surface area contributed by atoms with Crippen molar-refractivity contribution in [1.82, 2.24) is 0 Å². The molecule has 0 spiro atoms. The van der Waals surface area contributed by atoms with Crippen LogP contribution in [0.25, 0.3) is 0 Å². The van der Waals surface area contributed by atoms with E-state index in [1.54, 1.807) is 18.2 Å². The first kappa shape index (κ1) is 15.4. The molecule has 6 heteroatoms. The smallest absolute Gasteiger partial charge is 0.337 e. The van der Waals surface area contributed by atoms with E-state index in [-0.39, 0.29) is 16.5 Å². The zero-order valence-corrected chi connectivity index (χ0v) is 12.5. The van der Waals surface area contributed by atoms with Crippen molar-refractivity contribution in [2.75, 3.05) is 5.32 Å². The summed E-state index contributed by atoms with van der Waals surface area (Å²) in [5, 5.41) is 12.2. The van der Waals surface area contributed by atoms with Crippen molar-refractivity contribution in [3.8, 4) is 0 Å². The molecule has 0 unspecified atom stereocenters. The first-order valence-corrected chi connectivity index (χ1v) is 6.74. The maximum Gasteiger partial charge on any atom is 0.337 e. The minimum Gasteiger partial charge on any atom is -0.478 e. The third-order valence-corrected chi connectivity index (χ3v) is 3.63. The molecule has 0 heterocycles. The minimum absolute atomic E-state index is 0.0728. The summed E-state index contributed by atoms with van der Waals surface area (Å²) in [4.78, 5) is 23.1. The molecule has 2 N–H and O–H groups in total. The fourth-order valence-electron chi connectivity index (χ4n) is 1.70. The fraction of sp³-hybridized carbons (Fsp3) is 0.0667. The zero-order chi connectivity index (χ0) is 15.6. The highest BCUT2D eigenvalue weighted by atomic mass is 35.5. The Balaban J connectivity index is 2.25. The van der Waals surface area contributed by atoms with E-state index in [1.165, 1.54) is 18.2 Å². The maximum atomic E-state index is 12.1. The molecule has 0 atom stereocenters. The second kappa shape index (κ2) is 6.16. The summed E-state index contributed by atoms with van der Waals surface area (Å²) in [7, 11) is 0. The molecule has 0 radical (unpaired) electrons. The van der Waals surface area contributed by atoms with Crippen LogP contribution in [0.1, 0.15) is 26.3 Å². The molecule has 0 saturated heterocycles.